The second-order valence-corrected chi connectivity index (χ2v) is 8.32. The summed E-state index contributed by atoms with van der Waals surface area (Å²) in [6.45, 7) is 0.937. The lowest BCUT2D eigenvalue weighted by Gasteiger charge is -2.36. The molecule has 6 nitrogen and oxygen atoms in total. The van der Waals surface area contributed by atoms with Gasteiger partial charge in [-0.15, -0.1) is 0 Å². The quantitative estimate of drug-likeness (QED) is 0.420. The van der Waals surface area contributed by atoms with E-state index in [0.29, 0.717) is 42.1 Å². The van der Waals surface area contributed by atoms with Gasteiger partial charge >= 0.3 is 5.97 Å². The summed E-state index contributed by atoms with van der Waals surface area (Å²) in [5.74, 6) is -0.655. The number of halogens is 1. The van der Waals surface area contributed by atoms with Gasteiger partial charge in [-0.2, -0.15) is 0 Å². The van der Waals surface area contributed by atoms with Gasteiger partial charge in [-0.3, -0.25) is 9.69 Å². The molecule has 0 aliphatic carbocycles. The average Bonchev–Trinajstić information content (AvgIpc) is 2.74. The zero-order chi connectivity index (χ0) is 21.0. The molecule has 1 aliphatic rings. The fourth-order valence-electron chi connectivity index (χ4n) is 3.69. The number of carbonyl (C=O) groups is 2. The van der Waals surface area contributed by atoms with Crippen LogP contribution in [0.1, 0.15) is 44.5 Å². The Morgan fingerprint density at radius 3 is 2.34 bits per heavy atom. The molecule has 3 rings (SSSR count). The van der Waals surface area contributed by atoms with Gasteiger partial charge in [0, 0.05) is 29.6 Å². The zero-order valence-electron chi connectivity index (χ0n) is 15.9. The highest BCUT2D eigenvalue weighted by molar-refractivity contribution is 7.79. The Morgan fingerprint density at radius 1 is 1.14 bits per heavy atom. The van der Waals surface area contributed by atoms with Crippen LogP contribution >= 0.6 is 11.6 Å². The van der Waals surface area contributed by atoms with Crippen molar-refractivity contribution in [3.63, 3.8) is 0 Å². The highest BCUT2D eigenvalue weighted by Gasteiger charge is 2.34. The first-order chi connectivity index (χ1) is 13.9. The lowest BCUT2D eigenvalue weighted by Crippen LogP contribution is -2.40. The number of likely N-dealkylation sites (tertiary alicyclic amines) is 1. The first-order valence-corrected chi connectivity index (χ1v) is 10.8. The van der Waals surface area contributed by atoms with Gasteiger partial charge in [0.25, 0.3) is 0 Å². The number of ether oxygens (including phenoxy) is 1. The number of ketones is 1. The molecular weight excluding hydrogens is 414 g/mol. The summed E-state index contributed by atoms with van der Waals surface area (Å²) in [6.07, 6.45) is 1.13. The molecule has 0 saturated carbocycles. The minimum atomic E-state index is -2.22. The molecule has 154 valence electrons. The highest BCUT2D eigenvalue weighted by atomic mass is 35.5. The molecule has 2 atom stereocenters. The van der Waals surface area contributed by atoms with Crippen LogP contribution in [0, 0.1) is 5.92 Å². The number of esters is 1. The summed E-state index contributed by atoms with van der Waals surface area (Å²) in [5.41, 5.74) is 1.33. The molecule has 2 aromatic rings. The monoisotopic (exact) mass is 435 g/mol. The van der Waals surface area contributed by atoms with Gasteiger partial charge < -0.3 is 9.29 Å². The number of rotatable bonds is 6. The molecule has 1 fully saturated rings. The van der Waals surface area contributed by atoms with Crippen molar-refractivity contribution in [2.75, 3.05) is 20.2 Å². The third-order valence-corrected chi connectivity index (χ3v) is 6.37. The maximum Gasteiger partial charge on any atom is 0.338 e. The second kappa shape index (κ2) is 9.63. The molecule has 0 aromatic heterocycles. The van der Waals surface area contributed by atoms with Crippen molar-refractivity contribution in [3.05, 3.63) is 70.2 Å². The maximum absolute atomic E-state index is 12.7. The fraction of sp³-hybridized carbons (Fsp3) is 0.333. The normalized spacial score (nSPS) is 17.5. The lowest BCUT2D eigenvalue weighted by atomic mass is 9.88. The topological polar surface area (TPSA) is 83.9 Å². The number of carbonyl (C=O) groups excluding carboxylic acids is 2. The van der Waals surface area contributed by atoms with Crippen LogP contribution in [0.25, 0.3) is 0 Å². The Morgan fingerprint density at radius 2 is 1.76 bits per heavy atom. The van der Waals surface area contributed by atoms with Crippen LogP contribution in [0.5, 0.6) is 0 Å². The van der Waals surface area contributed by atoms with Gasteiger partial charge in [-0.25, -0.2) is 9.00 Å². The van der Waals surface area contributed by atoms with E-state index in [1.54, 1.807) is 48.5 Å². The third kappa shape index (κ3) is 4.93. The van der Waals surface area contributed by atoms with E-state index in [0.717, 1.165) is 0 Å². The first-order valence-electron chi connectivity index (χ1n) is 9.23. The number of hydrogen-bond donors (Lipinski definition) is 1. The highest BCUT2D eigenvalue weighted by Crippen LogP contribution is 2.32. The summed E-state index contributed by atoms with van der Waals surface area (Å²) >= 11 is 3.66. The third-order valence-electron chi connectivity index (χ3n) is 5.18. The van der Waals surface area contributed by atoms with Crippen LogP contribution in [0.3, 0.4) is 0 Å². The first kappa shape index (κ1) is 21.6. The smallest absolute Gasteiger partial charge is 0.338 e. The summed E-state index contributed by atoms with van der Waals surface area (Å²) in [5, 5.41) is -0.286. The molecule has 8 heteroatoms. The minimum absolute atomic E-state index is 0.0537. The zero-order valence-corrected chi connectivity index (χ0v) is 17.5. The van der Waals surface area contributed by atoms with Gasteiger partial charge in [-0.1, -0.05) is 29.8 Å². The van der Waals surface area contributed by atoms with Crippen molar-refractivity contribution in [2.24, 2.45) is 5.92 Å². The Bertz CT molecular complexity index is 910. The van der Waals surface area contributed by atoms with Crippen LogP contribution < -0.4 is 0 Å². The molecule has 0 bridgehead atoms. The molecule has 0 amide bonds. The summed E-state index contributed by atoms with van der Waals surface area (Å²) in [4.78, 5) is 26.7. The molecule has 1 saturated heterocycles. The number of nitrogens with zero attached hydrogens (tertiary/aromatic N) is 1. The number of hydrogen-bond acceptors (Lipinski definition) is 5. The summed E-state index contributed by atoms with van der Waals surface area (Å²) in [6, 6.07) is 13.5. The van der Waals surface area contributed by atoms with E-state index in [4.69, 9.17) is 16.3 Å². The predicted molar refractivity (Wildman–Crippen MR) is 111 cm³/mol. The van der Waals surface area contributed by atoms with E-state index < -0.39 is 22.4 Å². The van der Waals surface area contributed by atoms with E-state index in [1.807, 2.05) is 4.90 Å². The molecular formula is C21H22ClNO5S. The van der Waals surface area contributed by atoms with E-state index in [9.17, 15) is 18.4 Å². The van der Waals surface area contributed by atoms with Crippen molar-refractivity contribution in [1.29, 1.82) is 0 Å². The van der Waals surface area contributed by atoms with Crippen LogP contribution in [-0.2, 0) is 15.8 Å². The predicted octanol–water partition coefficient (Wildman–Crippen LogP) is 3.94. The summed E-state index contributed by atoms with van der Waals surface area (Å²) in [7, 11) is 1.28. The molecule has 0 radical (unpaired) electrons. The Kier molecular flexibility index (Phi) is 7.18. The van der Waals surface area contributed by atoms with Gasteiger partial charge in [0.15, 0.2) is 16.9 Å². The van der Waals surface area contributed by atoms with E-state index in [1.165, 1.54) is 7.11 Å². The van der Waals surface area contributed by atoms with Gasteiger partial charge in [-0.05, 0) is 48.7 Å². The molecule has 2 aromatic carbocycles. The number of benzene rings is 2. The van der Waals surface area contributed by atoms with Crippen LogP contribution in [0.4, 0.5) is 0 Å². The van der Waals surface area contributed by atoms with Crippen LogP contribution in [0.15, 0.2) is 48.5 Å². The molecule has 1 aliphatic heterocycles. The van der Waals surface area contributed by atoms with Crippen LogP contribution in [0.2, 0.25) is 5.02 Å². The van der Waals surface area contributed by atoms with E-state index in [2.05, 4.69) is 0 Å². The van der Waals surface area contributed by atoms with Crippen molar-refractivity contribution in [1.82, 2.24) is 4.90 Å². The van der Waals surface area contributed by atoms with Crippen molar-refractivity contribution in [3.8, 4) is 0 Å². The van der Waals surface area contributed by atoms with Gasteiger partial charge in [0.1, 0.15) is 5.37 Å². The SMILES string of the molecule is COC(=O)c1ccccc1C(N1CCC(C(=O)c2ccc(Cl)cc2)CC1)S(=O)O. The molecule has 1 N–H and O–H groups in total. The largest absolute Gasteiger partial charge is 0.465 e. The van der Waals surface area contributed by atoms with Crippen LogP contribution in [-0.4, -0.2) is 45.6 Å². The minimum Gasteiger partial charge on any atom is -0.465 e. The number of methoxy groups -OCH3 is 1. The summed E-state index contributed by atoms with van der Waals surface area (Å²) < 4.78 is 27.0. The van der Waals surface area contributed by atoms with Gasteiger partial charge in [0.2, 0.25) is 0 Å². The second-order valence-electron chi connectivity index (χ2n) is 6.89. The molecule has 1 heterocycles. The maximum atomic E-state index is 12.7. The molecule has 29 heavy (non-hydrogen) atoms. The molecule has 2 unspecified atom stereocenters. The molecule has 0 spiro atoms. The lowest BCUT2D eigenvalue weighted by molar-refractivity contribution is 0.0597. The average molecular weight is 436 g/mol. The Balaban J connectivity index is 1.76. The standard InChI is InChI=1S/C21H22ClNO5S/c1-28-21(25)18-5-3-2-4-17(18)20(29(26)27)23-12-10-15(11-13-23)19(24)14-6-8-16(22)9-7-14/h2-9,15,20H,10-13H2,1H3,(H,26,27). The number of piperidine rings is 1. The van der Waals surface area contributed by atoms with E-state index in [-0.39, 0.29) is 17.3 Å². The van der Waals surface area contributed by atoms with Gasteiger partial charge in [0.05, 0.1) is 12.7 Å². The van der Waals surface area contributed by atoms with E-state index >= 15 is 0 Å². The van der Waals surface area contributed by atoms with Crippen molar-refractivity contribution < 1.29 is 23.1 Å². The van der Waals surface area contributed by atoms with Crippen molar-refractivity contribution >= 4 is 34.4 Å². The Hall–Kier alpha value is -2.06. The fourth-order valence-corrected chi connectivity index (χ4v) is 4.70. The Labute approximate surface area is 177 Å². The number of Topliss-reactive ketones (excluding diaryl/α,β-unsaturated/α-hetero) is 1. The van der Waals surface area contributed by atoms with Crippen molar-refractivity contribution in [2.45, 2.75) is 18.2 Å².